The molecule has 5 N–H and O–H groups in total. The first kappa shape index (κ1) is 23.1. The van der Waals surface area contributed by atoms with E-state index in [9.17, 15) is 19.3 Å². The summed E-state index contributed by atoms with van der Waals surface area (Å²) in [6.07, 6.45) is 0.466. The molecule has 0 saturated heterocycles. The molecule has 11 heteroatoms. The van der Waals surface area contributed by atoms with Crippen molar-refractivity contribution in [2.24, 2.45) is 0 Å². The lowest BCUT2D eigenvalue weighted by atomic mass is 9.98. The number of hydrogen-bond acceptors (Lipinski definition) is 6. The summed E-state index contributed by atoms with van der Waals surface area (Å²) in [6, 6.07) is 18.0. The molecular formula is C21H21N4O6P. The highest BCUT2D eigenvalue weighted by Crippen LogP contribution is 2.32. The zero-order valence-electron chi connectivity index (χ0n) is 16.8. The number of rotatable bonds is 8. The number of aromatic nitrogens is 2. The molecule has 1 aromatic heterocycles. The Hall–Kier alpha value is -3.59. The van der Waals surface area contributed by atoms with Gasteiger partial charge in [0.25, 0.3) is 11.8 Å². The van der Waals surface area contributed by atoms with E-state index in [0.717, 1.165) is 17.3 Å². The van der Waals surface area contributed by atoms with Crippen molar-refractivity contribution in [2.75, 3.05) is 12.7 Å². The van der Waals surface area contributed by atoms with Crippen molar-refractivity contribution >= 4 is 19.4 Å². The van der Waals surface area contributed by atoms with Gasteiger partial charge in [-0.15, -0.1) is 0 Å². The molecular weight excluding hydrogens is 435 g/mol. The summed E-state index contributed by atoms with van der Waals surface area (Å²) in [6.45, 7) is -0.300. The molecule has 2 aromatic carbocycles. The molecule has 0 bridgehead atoms. The number of hydrogen-bond donors (Lipinski definition) is 5. The number of benzene rings is 2. The van der Waals surface area contributed by atoms with Crippen LogP contribution in [0, 0.1) is 0 Å². The minimum atomic E-state index is -4.27. The summed E-state index contributed by atoms with van der Waals surface area (Å²) in [5.41, 5.74) is 1.43. The minimum Gasteiger partial charge on any atom is -0.493 e. The first-order valence-corrected chi connectivity index (χ1v) is 11.3. The lowest BCUT2D eigenvalue weighted by molar-refractivity contribution is 0.0924. The maximum Gasteiger partial charge on any atom is 0.327 e. The average Bonchev–Trinajstić information content (AvgIpc) is 2.77. The Bertz CT molecular complexity index is 1100. The number of amides is 2. The van der Waals surface area contributed by atoms with E-state index in [1.165, 1.54) is 0 Å². The molecule has 0 aliphatic heterocycles. The van der Waals surface area contributed by atoms with E-state index >= 15 is 0 Å². The van der Waals surface area contributed by atoms with Crippen molar-refractivity contribution < 1.29 is 29.0 Å². The topological polar surface area (TPSA) is 162 Å². The number of nitrogens with zero attached hydrogens (tertiary/aromatic N) is 2. The molecule has 3 aromatic rings. The van der Waals surface area contributed by atoms with Gasteiger partial charge in [0.1, 0.15) is 5.56 Å². The Labute approximate surface area is 183 Å². The lowest BCUT2D eigenvalue weighted by Gasteiger charge is -2.20. The van der Waals surface area contributed by atoms with E-state index in [4.69, 9.17) is 9.79 Å². The van der Waals surface area contributed by atoms with Crippen LogP contribution >= 0.6 is 7.60 Å². The van der Waals surface area contributed by atoms with Crippen LogP contribution in [0.2, 0.25) is 0 Å². The highest BCUT2D eigenvalue weighted by Gasteiger charge is 2.22. The van der Waals surface area contributed by atoms with Gasteiger partial charge in [-0.3, -0.25) is 14.2 Å². The maximum atomic E-state index is 12.8. The first-order chi connectivity index (χ1) is 15.2. The van der Waals surface area contributed by atoms with Crippen LogP contribution in [-0.4, -0.2) is 49.4 Å². The second-order valence-electron chi connectivity index (χ2n) is 6.80. The number of carbonyl (C=O) groups is 2. The van der Waals surface area contributed by atoms with Crippen LogP contribution in [-0.2, 0) is 4.57 Å². The summed E-state index contributed by atoms with van der Waals surface area (Å²) >= 11 is 0. The predicted octanol–water partition coefficient (Wildman–Crippen LogP) is 1.61. The van der Waals surface area contributed by atoms with Gasteiger partial charge in [0.2, 0.25) is 11.7 Å². The van der Waals surface area contributed by atoms with Crippen molar-refractivity contribution in [1.29, 1.82) is 0 Å². The fourth-order valence-electron chi connectivity index (χ4n) is 2.90. The van der Waals surface area contributed by atoms with E-state index in [1.54, 1.807) is 0 Å². The number of nitrogens with one attached hydrogen (secondary N) is 2. The Morgan fingerprint density at radius 1 is 0.938 bits per heavy atom. The highest BCUT2D eigenvalue weighted by molar-refractivity contribution is 7.51. The van der Waals surface area contributed by atoms with Gasteiger partial charge < -0.3 is 25.5 Å². The fraction of sp³-hybridized carbons (Fsp3) is 0.143. The SMILES string of the molecule is O=C(NCCP(=O)(O)O)c1ncc(C(=O)NC(c2ccccc2)c2ccccc2)c(O)n1. The van der Waals surface area contributed by atoms with Gasteiger partial charge in [-0.25, -0.2) is 4.98 Å². The van der Waals surface area contributed by atoms with Crippen LogP contribution in [0.15, 0.2) is 66.9 Å². The third-order valence-electron chi connectivity index (χ3n) is 4.45. The Morgan fingerprint density at radius 2 is 1.50 bits per heavy atom. The third kappa shape index (κ3) is 6.21. The van der Waals surface area contributed by atoms with Gasteiger partial charge in [-0.2, -0.15) is 4.98 Å². The molecule has 10 nitrogen and oxygen atoms in total. The number of aromatic hydroxyl groups is 1. The number of carbonyl (C=O) groups excluding carboxylic acids is 2. The predicted molar refractivity (Wildman–Crippen MR) is 115 cm³/mol. The second-order valence-corrected chi connectivity index (χ2v) is 8.58. The molecule has 32 heavy (non-hydrogen) atoms. The fourth-order valence-corrected chi connectivity index (χ4v) is 3.30. The van der Waals surface area contributed by atoms with Gasteiger partial charge in [-0.1, -0.05) is 60.7 Å². The van der Waals surface area contributed by atoms with Crippen LogP contribution in [0.25, 0.3) is 0 Å². The highest BCUT2D eigenvalue weighted by atomic mass is 31.2. The van der Waals surface area contributed by atoms with E-state index in [1.807, 2.05) is 60.7 Å². The Kier molecular flexibility index (Phi) is 7.32. The average molecular weight is 456 g/mol. The van der Waals surface area contributed by atoms with E-state index in [-0.39, 0.29) is 12.1 Å². The molecule has 1 heterocycles. The van der Waals surface area contributed by atoms with Crippen LogP contribution in [0.5, 0.6) is 5.88 Å². The van der Waals surface area contributed by atoms with Crippen molar-refractivity contribution in [1.82, 2.24) is 20.6 Å². The standard InChI is InChI=1S/C21H21N4O6P/c26-19(24-17(14-7-3-1-4-8-14)15-9-5-2-6-10-15)16-13-23-18(25-20(16)27)21(28)22-11-12-32(29,30)31/h1-10,13,17H,11-12H2,(H,22,28)(H,24,26)(H,23,25,27)(H2,29,30,31). The lowest BCUT2D eigenvalue weighted by Crippen LogP contribution is -2.31. The van der Waals surface area contributed by atoms with Crippen molar-refractivity contribution in [2.45, 2.75) is 6.04 Å². The molecule has 0 saturated carbocycles. The van der Waals surface area contributed by atoms with Gasteiger partial charge in [-0.05, 0) is 11.1 Å². The van der Waals surface area contributed by atoms with Crippen LogP contribution in [0.3, 0.4) is 0 Å². The maximum absolute atomic E-state index is 12.8. The smallest absolute Gasteiger partial charge is 0.327 e. The van der Waals surface area contributed by atoms with E-state index in [0.29, 0.717) is 0 Å². The van der Waals surface area contributed by atoms with E-state index in [2.05, 4.69) is 20.6 Å². The molecule has 0 spiro atoms. The molecule has 0 unspecified atom stereocenters. The second kappa shape index (κ2) is 10.1. The monoisotopic (exact) mass is 456 g/mol. The summed E-state index contributed by atoms with van der Waals surface area (Å²) < 4.78 is 10.8. The zero-order valence-corrected chi connectivity index (χ0v) is 17.6. The summed E-state index contributed by atoms with van der Waals surface area (Å²) in [5, 5.41) is 15.3. The summed E-state index contributed by atoms with van der Waals surface area (Å²) in [5.74, 6) is -2.62. The van der Waals surface area contributed by atoms with Gasteiger partial charge >= 0.3 is 7.60 Å². The summed E-state index contributed by atoms with van der Waals surface area (Å²) in [4.78, 5) is 49.9. The van der Waals surface area contributed by atoms with Crippen LogP contribution < -0.4 is 10.6 Å². The molecule has 166 valence electrons. The molecule has 0 fully saturated rings. The van der Waals surface area contributed by atoms with Crippen molar-refractivity contribution in [3.05, 3.63) is 89.4 Å². The summed E-state index contributed by atoms with van der Waals surface area (Å²) in [7, 11) is -4.27. The molecule has 3 rings (SSSR count). The molecule has 0 radical (unpaired) electrons. The Balaban J connectivity index is 1.76. The quantitative estimate of drug-likeness (QED) is 0.319. The molecule has 0 aliphatic rings. The minimum absolute atomic E-state index is 0.228. The van der Waals surface area contributed by atoms with Crippen LogP contribution in [0.1, 0.15) is 38.1 Å². The van der Waals surface area contributed by atoms with Crippen LogP contribution in [0.4, 0.5) is 0 Å². The first-order valence-electron chi connectivity index (χ1n) is 9.54. The van der Waals surface area contributed by atoms with Crippen molar-refractivity contribution in [3.8, 4) is 5.88 Å². The third-order valence-corrected chi connectivity index (χ3v) is 5.25. The van der Waals surface area contributed by atoms with Crippen molar-refractivity contribution in [3.63, 3.8) is 0 Å². The Morgan fingerprint density at radius 3 is 2.00 bits per heavy atom. The normalized spacial score (nSPS) is 11.2. The van der Waals surface area contributed by atoms with Gasteiger partial charge in [0, 0.05) is 12.7 Å². The van der Waals surface area contributed by atoms with Gasteiger partial charge in [0.15, 0.2) is 0 Å². The largest absolute Gasteiger partial charge is 0.493 e. The van der Waals surface area contributed by atoms with E-state index < -0.39 is 43.3 Å². The molecule has 2 amide bonds. The molecule has 0 aliphatic carbocycles. The van der Waals surface area contributed by atoms with Gasteiger partial charge in [0.05, 0.1) is 12.2 Å². The molecule has 0 atom stereocenters. The zero-order chi connectivity index (χ0) is 23.1.